The summed E-state index contributed by atoms with van der Waals surface area (Å²) in [5.74, 6) is -0.630. The molecule has 0 spiro atoms. The summed E-state index contributed by atoms with van der Waals surface area (Å²) in [4.78, 5) is 26.9. The Bertz CT molecular complexity index is 1090. The zero-order chi connectivity index (χ0) is 21.6. The molecule has 3 rings (SSSR count). The van der Waals surface area contributed by atoms with E-state index in [4.69, 9.17) is 0 Å². The minimum atomic E-state index is -1.09. The molecule has 0 atom stereocenters. The first-order valence-corrected chi connectivity index (χ1v) is 9.46. The molecular formula is C23H25N3O3. The standard InChI is InChI=1S/C21H19N3O3.C2H6/c1-4-18(21(26)27)22-14(3)24-19-8-6-5-7-17(19)20(23-24)16-11-9-15(10-12-16)13(2)25;1-2/h4-12H,1-3H3,(H,26,27);1-2H3/b18-4-,22-14?;. The second kappa shape index (κ2) is 9.59. The highest BCUT2D eigenvalue weighted by Gasteiger charge is 2.15. The van der Waals surface area contributed by atoms with Crippen LogP contribution in [0.5, 0.6) is 0 Å². The third kappa shape index (κ3) is 4.66. The zero-order valence-electron chi connectivity index (χ0n) is 17.3. The molecule has 0 aliphatic carbocycles. The third-order valence-corrected chi connectivity index (χ3v) is 4.23. The molecule has 1 aromatic heterocycles. The van der Waals surface area contributed by atoms with Crippen LogP contribution in [0.25, 0.3) is 22.2 Å². The lowest BCUT2D eigenvalue weighted by Gasteiger charge is -2.03. The Balaban J connectivity index is 0.00000145. The van der Waals surface area contributed by atoms with Gasteiger partial charge in [0.05, 0.1) is 5.52 Å². The number of allylic oxidation sites excluding steroid dienone is 1. The van der Waals surface area contributed by atoms with Gasteiger partial charge in [-0.3, -0.25) is 4.79 Å². The van der Waals surface area contributed by atoms with E-state index in [0.29, 0.717) is 11.4 Å². The molecule has 3 aromatic rings. The third-order valence-electron chi connectivity index (χ3n) is 4.23. The summed E-state index contributed by atoms with van der Waals surface area (Å²) in [5.41, 5.74) is 3.03. The number of fused-ring (bicyclic) bond motifs is 1. The van der Waals surface area contributed by atoms with Gasteiger partial charge in [0.2, 0.25) is 0 Å². The van der Waals surface area contributed by atoms with Gasteiger partial charge >= 0.3 is 5.97 Å². The number of benzene rings is 2. The van der Waals surface area contributed by atoms with E-state index >= 15 is 0 Å². The lowest BCUT2D eigenvalue weighted by Crippen LogP contribution is -2.11. The maximum absolute atomic E-state index is 11.5. The molecule has 6 nitrogen and oxygen atoms in total. The number of aromatic nitrogens is 2. The number of ketones is 1. The largest absolute Gasteiger partial charge is 0.477 e. The van der Waals surface area contributed by atoms with E-state index in [1.807, 2.05) is 50.2 Å². The predicted octanol–water partition coefficient (Wildman–Crippen LogP) is 5.19. The van der Waals surface area contributed by atoms with E-state index in [9.17, 15) is 14.7 Å². The molecule has 150 valence electrons. The fourth-order valence-corrected chi connectivity index (χ4v) is 2.85. The quantitative estimate of drug-likeness (QED) is 0.287. The molecular weight excluding hydrogens is 366 g/mol. The van der Waals surface area contributed by atoms with E-state index in [2.05, 4.69) is 10.1 Å². The second-order valence-electron chi connectivity index (χ2n) is 6.05. The van der Waals surface area contributed by atoms with Gasteiger partial charge in [0.1, 0.15) is 17.2 Å². The van der Waals surface area contributed by atoms with Crippen LogP contribution >= 0.6 is 0 Å². The molecule has 0 fully saturated rings. The van der Waals surface area contributed by atoms with Crippen molar-refractivity contribution in [1.82, 2.24) is 9.78 Å². The van der Waals surface area contributed by atoms with Gasteiger partial charge in [0.25, 0.3) is 0 Å². The number of carbonyl (C=O) groups excluding carboxylic acids is 1. The van der Waals surface area contributed by atoms with E-state index in [1.165, 1.54) is 13.0 Å². The molecule has 0 bridgehead atoms. The minimum Gasteiger partial charge on any atom is -0.477 e. The summed E-state index contributed by atoms with van der Waals surface area (Å²) >= 11 is 0. The smallest absolute Gasteiger partial charge is 0.354 e. The van der Waals surface area contributed by atoms with Crippen LogP contribution in [0.2, 0.25) is 0 Å². The number of carbonyl (C=O) groups is 2. The van der Waals surface area contributed by atoms with Crippen molar-refractivity contribution < 1.29 is 14.7 Å². The molecule has 1 N–H and O–H groups in total. The highest BCUT2D eigenvalue weighted by atomic mass is 16.4. The van der Waals surface area contributed by atoms with Gasteiger partial charge in [-0.1, -0.05) is 62.4 Å². The van der Waals surface area contributed by atoms with Crippen LogP contribution < -0.4 is 0 Å². The van der Waals surface area contributed by atoms with Gasteiger partial charge in [-0.25, -0.2) is 14.5 Å². The molecule has 0 unspecified atom stereocenters. The normalized spacial score (nSPS) is 11.8. The number of hydrogen-bond donors (Lipinski definition) is 1. The van der Waals surface area contributed by atoms with Crippen molar-refractivity contribution in [2.24, 2.45) is 4.99 Å². The van der Waals surface area contributed by atoms with Crippen LogP contribution in [0.15, 0.2) is 65.3 Å². The number of hydrogen-bond acceptors (Lipinski definition) is 4. The van der Waals surface area contributed by atoms with E-state index in [0.717, 1.165) is 22.2 Å². The molecule has 0 saturated carbocycles. The highest BCUT2D eigenvalue weighted by Crippen LogP contribution is 2.28. The molecule has 2 aromatic carbocycles. The van der Waals surface area contributed by atoms with Crippen LogP contribution in [0.3, 0.4) is 0 Å². The van der Waals surface area contributed by atoms with Gasteiger partial charge in [0.15, 0.2) is 5.78 Å². The van der Waals surface area contributed by atoms with Crippen molar-refractivity contribution in [3.8, 4) is 11.3 Å². The first-order chi connectivity index (χ1) is 13.9. The molecule has 0 saturated heterocycles. The Morgan fingerprint density at radius 2 is 1.66 bits per heavy atom. The average molecular weight is 391 g/mol. The van der Waals surface area contributed by atoms with Crippen molar-refractivity contribution in [2.75, 3.05) is 0 Å². The number of para-hydroxylation sites is 1. The number of aliphatic carboxylic acids is 1. The summed E-state index contributed by atoms with van der Waals surface area (Å²) in [6.45, 7) is 8.87. The number of Topliss-reactive ketones (excluding diaryl/α,β-unsaturated/α-hetero) is 1. The number of nitrogens with zero attached hydrogens (tertiary/aromatic N) is 3. The maximum Gasteiger partial charge on any atom is 0.354 e. The highest BCUT2D eigenvalue weighted by molar-refractivity contribution is 6.01. The maximum atomic E-state index is 11.5. The van der Waals surface area contributed by atoms with Gasteiger partial charge in [-0.2, -0.15) is 5.10 Å². The Hall–Kier alpha value is -3.54. The number of rotatable bonds is 4. The number of carboxylic acid groups (broad SMARTS) is 1. The SMILES string of the molecule is C/C=C(\N=C(C)n1nc(-c2ccc(C(C)=O)cc2)c2ccccc21)C(=O)O.CC. The van der Waals surface area contributed by atoms with Gasteiger partial charge in [0, 0.05) is 16.5 Å². The van der Waals surface area contributed by atoms with Crippen molar-refractivity contribution in [2.45, 2.75) is 34.6 Å². The number of aliphatic imine (C=N–C) groups is 1. The van der Waals surface area contributed by atoms with E-state index in [1.54, 1.807) is 30.7 Å². The minimum absolute atomic E-state index is 0.00691. The molecule has 0 radical (unpaired) electrons. The van der Waals surface area contributed by atoms with Crippen LogP contribution in [-0.4, -0.2) is 32.5 Å². The number of carboxylic acids is 1. The molecule has 29 heavy (non-hydrogen) atoms. The zero-order valence-corrected chi connectivity index (χ0v) is 17.3. The molecule has 1 heterocycles. The van der Waals surface area contributed by atoms with Crippen LogP contribution in [-0.2, 0) is 4.79 Å². The summed E-state index contributed by atoms with van der Waals surface area (Å²) in [6, 6.07) is 14.9. The first kappa shape index (κ1) is 21.8. The van der Waals surface area contributed by atoms with Crippen LogP contribution in [0.4, 0.5) is 0 Å². The molecule has 6 heteroatoms. The van der Waals surface area contributed by atoms with Crippen LogP contribution in [0, 0.1) is 0 Å². The van der Waals surface area contributed by atoms with Crippen LogP contribution in [0.1, 0.15) is 45.0 Å². The Morgan fingerprint density at radius 3 is 2.21 bits per heavy atom. The van der Waals surface area contributed by atoms with Gasteiger partial charge in [-0.05, 0) is 26.8 Å². The van der Waals surface area contributed by atoms with Crippen molar-refractivity contribution in [3.63, 3.8) is 0 Å². The molecule has 0 amide bonds. The topological polar surface area (TPSA) is 84.5 Å². The predicted molar refractivity (Wildman–Crippen MR) is 116 cm³/mol. The Kier molecular flexibility index (Phi) is 7.20. The van der Waals surface area contributed by atoms with E-state index < -0.39 is 5.97 Å². The Labute approximate surface area is 170 Å². The van der Waals surface area contributed by atoms with Gasteiger partial charge in [-0.15, -0.1) is 0 Å². The fraction of sp³-hybridized carbons (Fsp3) is 0.217. The average Bonchev–Trinajstić information content (AvgIpc) is 3.13. The second-order valence-corrected chi connectivity index (χ2v) is 6.05. The van der Waals surface area contributed by atoms with E-state index in [-0.39, 0.29) is 11.5 Å². The summed E-state index contributed by atoms with van der Waals surface area (Å²) in [7, 11) is 0. The summed E-state index contributed by atoms with van der Waals surface area (Å²) in [6.07, 6.45) is 1.44. The Morgan fingerprint density at radius 1 is 1.03 bits per heavy atom. The first-order valence-electron chi connectivity index (χ1n) is 9.46. The summed E-state index contributed by atoms with van der Waals surface area (Å²) in [5, 5.41) is 14.8. The molecule has 0 aliphatic heterocycles. The summed E-state index contributed by atoms with van der Waals surface area (Å²) < 4.78 is 1.63. The fourth-order valence-electron chi connectivity index (χ4n) is 2.85. The van der Waals surface area contributed by atoms with Crippen molar-refractivity contribution in [3.05, 3.63) is 65.9 Å². The lowest BCUT2D eigenvalue weighted by atomic mass is 10.0. The monoisotopic (exact) mass is 391 g/mol. The molecule has 0 aliphatic rings. The lowest BCUT2D eigenvalue weighted by molar-refractivity contribution is -0.132. The van der Waals surface area contributed by atoms with Gasteiger partial charge < -0.3 is 5.11 Å². The van der Waals surface area contributed by atoms with Crippen molar-refractivity contribution in [1.29, 1.82) is 0 Å². The van der Waals surface area contributed by atoms with Crippen molar-refractivity contribution >= 4 is 28.5 Å².